The third-order valence-corrected chi connectivity index (χ3v) is 3.59. The van der Waals surface area contributed by atoms with Crippen LogP contribution in [-0.2, 0) is 13.6 Å². The first kappa shape index (κ1) is 8.21. The van der Waals surface area contributed by atoms with Gasteiger partial charge in [0.2, 0.25) is 0 Å². The van der Waals surface area contributed by atoms with Crippen LogP contribution >= 0.6 is 7.60 Å². The summed E-state index contributed by atoms with van der Waals surface area (Å²) in [5.41, 5.74) is 0. The average Bonchev–Trinajstić information content (AvgIpc) is 2.09. The second-order valence-electron chi connectivity index (χ2n) is 2.35. The number of rotatable bonds is 1. The molecule has 0 spiro atoms. The van der Waals surface area contributed by atoms with Gasteiger partial charge in [-0.1, -0.05) is 0 Å². The highest BCUT2D eigenvalue weighted by atomic mass is 31.2. The van der Waals surface area contributed by atoms with Gasteiger partial charge in [-0.2, -0.15) is 0 Å². The van der Waals surface area contributed by atoms with Crippen LogP contribution in [0.1, 0.15) is 13.3 Å². The van der Waals surface area contributed by atoms with Crippen molar-refractivity contribution in [3.05, 3.63) is 0 Å². The van der Waals surface area contributed by atoms with Crippen molar-refractivity contribution >= 4 is 7.60 Å². The van der Waals surface area contributed by atoms with E-state index in [4.69, 9.17) is 9.63 Å². The molecule has 4 nitrogen and oxygen atoms in total. The van der Waals surface area contributed by atoms with E-state index >= 15 is 0 Å². The molecule has 60 valence electrons. The van der Waals surface area contributed by atoms with E-state index in [9.17, 15) is 4.57 Å². The normalized spacial score (nSPS) is 47.9. The molecule has 10 heavy (non-hydrogen) atoms. The maximum Gasteiger partial charge on any atom is 0.358 e. The van der Waals surface area contributed by atoms with E-state index in [2.05, 4.69) is 4.52 Å². The topological polar surface area (TPSA) is 55.8 Å². The fourth-order valence-electron chi connectivity index (χ4n) is 0.955. The Morgan fingerprint density at radius 2 is 2.40 bits per heavy atom. The van der Waals surface area contributed by atoms with Crippen molar-refractivity contribution in [1.82, 2.24) is 0 Å². The van der Waals surface area contributed by atoms with Gasteiger partial charge in [-0.15, -0.1) is 0 Å². The second kappa shape index (κ2) is 2.62. The second-order valence-corrected chi connectivity index (χ2v) is 4.61. The Morgan fingerprint density at radius 3 is 2.60 bits per heavy atom. The minimum Gasteiger partial charge on any atom is -0.380 e. The quantitative estimate of drug-likeness (QED) is 0.589. The van der Waals surface area contributed by atoms with Crippen LogP contribution in [0.4, 0.5) is 0 Å². The first-order chi connectivity index (χ1) is 4.58. The molecule has 1 saturated heterocycles. The minimum atomic E-state index is -3.14. The van der Waals surface area contributed by atoms with Gasteiger partial charge in [0.25, 0.3) is 0 Å². The zero-order chi connectivity index (χ0) is 7.78. The fourth-order valence-corrected chi connectivity index (χ4v) is 2.57. The van der Waals surface area contributed by atoms with Crippen LogP contribution in [0, 0.1) is 0 Å². The predicted molar refractivity (Wildman–Crippen MR) is 35.8 cm³/mol. The van der Waals surface area contributed by atoms with Gasteiger partial charge < -0.3 is 14.2 Å². The van der Waals surface area contributed by atoms with E-state index in [0.29, 0.717) is 6.42 Å². The van der Waals surface area contributed by atoms with Crippen molar-refractivity contribution < 1.29 is 18.7 Å². The largest absolute Gasteiger partial charge is 0.380 e. The monoisotopic (exact) mass is 166 g/mol. The van der Waals surface area contributed by atoms with Crippen LogP contribution in [0.5, 0.6) is 0 Å². The third kappa shape index (κ3) is 1.25. The number of hydrogen-bond acceptors (Lipinski definition) is 4. The first-order valence-electron chi connectivity index (χ1n) is 3.10. The summed E-state index contributed by atoms with van der Waals surface area (Å²) in [5.74, 6) is -0.938. The lowest BCUT2D eigenvalue weighted by Crippen LogP contribution is -2.02. The van der Waals surface area contributed by atoms with E-state index in [-0.39, 0.29) is 6.10 Å². The molecule has 0 aromatic carbocycles. The highest BCUT2D eigenvalue weighted by Gasteiger charge is 2.42. The fraction of sp³-hybridized carbons (Fsp3) is 1.00. The van der Waals surface area contributed by atoms with Crippen molar-refractivity contribution in [2.45, 2.75) is 25.3 Å². The molecule has 1 N–H and O–H groups in total. The van der Waals surface area contributed by atoms with Crippen LogP contribution in [0.3, 0.4) is 0 Å². The van der Waals surface area contributed by atoms with Crippen LogP contribution in [0.25, 0.3) is 0 Å². The lowest BCUT2D eigenvalue weighted by Gasteiger charge is -2.10. The molecule has 1 heterocycles. The predicted octanol–water partition coefficient (Wildman–Crippen LogP) is 0.953. The standard InChI is InChI=1S/C5H11O4P/c1-4-3-5(6)10(7,8-2)9-4/h4-6H,3H2,1-2H3/t4-,5-,10-/m0/s1. The molecule has 0 unspecified atom stereocenters. The molecule has 0 saturated carbocycles. The van der Waals surface area contributed by atoms with Crippen LogP contribution < -0.4 is 0 Å². The van der Waals surface area contributed by atoms with Gasteiger partial charge in [0.05, 0.1) is 6.10 Å². The molecule has 0 aromatic heterocycles. The maximum absolute atomic E-state index is 11.2. The molecule has 0 aliphatic carbocycles. The summed E-state index contributed by atoms with van der Waals surface area (Å²) in [6.45, 7) is 1.75. The molecule has 3 atom stereocenters. The zero-order valence-electron chi connectivity index (χ0n) is 5.98. The van der Waals surface area contributed by atoms with Gasteiger partial charge in [-0.3, -0.25) is 4.57 Å². The molecule has 0 aromatic rings. The van der Waals surface area contributed by atoms with E-state index in [1.54, 1.807) is 6.92 Å². The summed E-state index contributed by atoms with van der Waals surface area (Å²) in [6.07, 6.45) is 0.228. The smallest absolute Gasteiger partial charge is 0.358 e. The Bertz CT molecular complexity index is 169. The van der Waals surface area contributed by atoms with Gasteiger partial charge in [-0.05, 0) is 6.92 Å². The zero-order valence-corrected chi connectivity index (χ0v) is 6.88. The molecule has 1 aliphatic rings. The van der Waals surface area contributed by atoms with Crippen LogP contribution in [0.2, 0.25) is 0 Å². The molecule has 0 radical (unpaired) electrons. The summed E-state index contributed by atoms with van der Waals surface area (Å²) in [6, 6.07) is 0. The van der Waals surface area contributed by atoms with Gasteiger partial charge in [0, 0.05) is 13.5 Å². The Kier molecular flexibility index (Phi) is 2.15. The lowest BCUT2D eigenvalue weighted by atomic mass is 10.3. The molecule has 1 aliphatic heterocycles. The van der Waals surface area contributed by atoms with Crippen molar-refractivity contribution in [2.75, 3.05) is 7.11 Å². The Hall–Kier alpha value is 0.110. The molecule has 1 rings (SSSR count). The molecular formula is C5H11O4P. The number of aliphatic hydroxyl groups is 1. The number of hydrogen-bond donors (Lipinski definition) is 1. The SMILES string of the molecule is CO[P@]1(=O)O[C@@H](C)C[C@H]1O. The average molecular weight is 166 g/mol. The maximum atomic E-state index is 11.2. The highest BCUT2D eigenvalue weighted by Crippen LogP contribution is 2.58. The van der Waals surface area contributed by atoms with Crippen molar-refractivity contribution in [3.8, 4) is 0 Å². The van der Waals surface area contributed by atoms with Gasteiger partial charge in [-0.25, -0.2) is 0 Å². The molecule has 0 amide bonds. The van der Waals surface area contributed by atoms with Gasteiger partial charge >= 0.3 is 7.60 Å². The van der Waals surface area contributed by atoms with E-state index in [0.717, 1.165) is 0 Å². The molecule has 5 heteroatoms. The number of aliphatic hydroxyl groups excluding tert-OH is 1. The minimum absolute atomic E-state index is 0.166. The lowest BCUT2D eigenvalue weighted by molar-refractivity contribution is 0.205. The van der Waals surface area contributed by atoms with Crippen LogP contribution in [-0.4, -0.2) is 24.2 Å². The molecular weight excluding hydrogens is 155 g/mol. The van der Waals surface area contributed by atoms with E-state index < -0.39 is 13.4 Å². The first-order valence-corrected chi connectivity index (χ1v) is 4.71. The summed E-state index contributed by atoms with van der Waals surface area (Å²) >= 11 is 0. The summed E-state index contributed by atoms with van der Waals surface area (Å²) < 4.78 is 20.7. The highest BCUT2D eigenvalue weighted by molar-refractivity contribution is 7.54. The summed E-state index contributed by atoms with van der Waals surface area (Å²) in [7, 11) is -1.86. The molecule has 1 fully saturated rings. The van der Waals surface area contributed by atoms with Gasteiger partial charge in [0.15, 0.2) is 5.85 Å². The van der Waals surface area contributed by atoms with E-state index in [1.807, 2.05) is 0 Å². The van der Waals surface area contributed by atoms with Crippen molar-refractivity contribution in [2.24, 2.45) is 0 Å². The van der Waals surface area contributed by atoms with Crippen molar-refractivity contribution in [3.63, 3.8) is 0 Å². The summed E-state index contributed by atoms with van der Waals surface area (Å²) in [4.78, 5) is 0. The van der Waals surface area contributed by atoms with E-state index in [1.165, 1.54) is 7.11 Å². The summed E-state index contributed by atoms with van der Waals surface area (Å²) in [5, 5.41) is 9.11. The van der Waals surface area contributed by atoms with Crippen LogP contribution in [0.15, 0.2) is 0 Å². The van der Waals surface area contributed by atoms with Gasteiger partial charge in [0.1, 0.15) is 0 Å². The van der Waals surface area contributed by atoms with Crippen molar-refractivity contribution in [1.29, 1.82) is 0 Å². The molecule has 0 bridgehead atoms. The Balaban J connectivity index is 2.71. The Labute approximate surface area is 59.7 Å². The Morgan fingerprint density at radius 1 is 1.80 bits per heavy atom. The third-order valence-electron chi connectivity index (χ3n) is 1.49.